The van der Waals surface area contributed by atoms with Crippen molar-refractivity contribution < 1.29 is 61.3 Å². The SMILES string of the molecule is O=c1oc2c3c(ccc2cc1-c1ccc2c(c1)OCCOCCOCCOCCOCCO2)OCCOCCOCCOCCOCCO3. The summed E-state index contributed by atoms with van der Waals surface area (Å²) < 4.78 is 74.5. The fraction of sp³-hybridized carbons (Fsp3) is 0.571. The molecule has 0 saturated carbocycles. The molecule has 14 heteroatoms. The Labute approximate surface area is 285 Å². The van der Waals surface area contributed by atoms with Gasteiger partial charge in [0.2, 0.25) is 5.75 Å². The van der Waals surface area contributed by atoms with Crippen molar-refractivity contribution in [2.24, 2.45) is 0 Å². The topological polar surface area (TPSA) is 141 Å². The maximum absolute atomic E-state index is 13.5. The molecule has 0 radical (unpaired) electrons. The minimum absolute atomic E-state index is 0.207. The van der Waals surface area contributed by atoms with Gasteiger partial charge in [0.15, 0.2) is 22.8 Å². The fourth-order valence-corrected chi connectivity index (χ4v) is 4.86. The van der Waals surface area contributed by atoms with Gasteiger partial charge in [-0.3, -0.25) is 0 Å². The molecule has 2 aromatic carbocycles. The quantitative estimate of drug-likeness (QED) is 0.345. The van der Waals surface area contributed by atoms with Gasteiger partial charge in [-0.1, -0.05) is 6.07 Å². The third-order valence-corrected chi connectivity index (χ3v) is 7.24. The number of rotatable bonds is 1. The first-order valence-corrected chi connectivity index (χ1v) is 16.7. The number of benzene rings is 2. The highest BCUT2D eigenvalue weighted by Gasteiger charge is 2.18. The van der Waals surface area contributed by atoms with E-state index in [-0.39, 0.29) is 25.4 Å². The molecule has 5 rings (SSSR count). The smallest absolute Gasteiger partial charge is 0.344 e. The second-order valence-corrected chi connectivity index (χ2v) is 10.7. The van der Waals surface area contributed by atoms with Crippen LogP contribution in [-0.2, 0) is 37.9 Å². The van der Waals surface area contributed by atoms with Crippen LogP contribution in [-0.4, -0.2) is 132 Å². The van der Waals surface area contributed by atoms with Crippen molar-refractivity contribution in [1.82, 2.24) is 0 Å². The van der Waals surface area contributed by atoms with Crippen LogP contribution in [0.1, 0.15) is 0 Å². The van der Waals surface area contributed by atoms with Gasteiger partial charge >= 0.3 is 5.63 Å². The molecule has 49 heavy (non-hydrogen) atoms. The van der Waals surface area contributed by atoms with Gasteiger partial charge in [0, 0.05) is 5.39 Å². The van der Waals surface area contributed by atoms with E-state index in [0.717, 1.165) is 0 Å². The highest BCUT2D eigenvalue weighted by molar-refractivity contribution is 5.88. The lowest BCUT2D eigenvalue weighted by atomic mass is 10.0. The Morgan fingerprint density at radius 2 is 0.796 bits per heavy atom. The Morgan fingerprint density at radius 3 is 1.31 bits per heavy atom. The first kappa shape index (κ1) is 36.8. The molecular formula is C35H46O14. The van der Waals surface area contributed by atoms with E-state index in [2.05, 4.69) is 0 Å². The van der Waals surface area contributed by atoms with Crippen LogP contribution in [0.25, 0.3) is 22.1 Å². The molecule has 0 unspecified atom stereocenters. The second kappa shape index (κ2) is 21.6. The third-order valence-electron chi connectivity index (χ3n) is 7.24. The zero-order chi connectivity index (χ0) is 33.8. The van der Waals surface area contributed by atoms with Gasteiger partial charge in [-0.2, -0.15) is 0 Å². The molecule has 0 bridgehead atoms. The second-order valence-electron chi connectivity index (χ2n) is 10.7. The Kier molecular flexibility index (Phi) is 16.2. The van der Waals surface area contributed by atoms with Crippen LogP contribution < -0.4 is 24.6 Å². The first-order valence-electron chi connectivity index (χ1n) is 16.7. The highest BCUT2D eigenvalue weighted by Crippen LogP contribution is 2.38. The zero-order valence-electron chi connectivity index (χ0n) is 27.8. The summed E-state index contributed by atoms with van der Waals surface area (Å²) in [6.45, 7) is 7.88. The summed E-state index contributed by atoms with van der Waals surface area (Å²) in [5.74, 6) is 1.70. The molecule has 3 aromatic rings. The van der Waals surface area contributed by atoms with Crippen LogP contribution >= 0.6 is 0 Å². The minimum atomic E-state index is -0.555. The van der Waals surface area contributed by atoms with Crippen LogP contribution in [0.2, 0.25) is 0 Å². The van der Waals surface area contributed by atoms with Crippen molar-refractivity contribution in [1.29, 1.82) is 0 Å². The summed E-state index contributed by atoms with van der Waals surface area (Å²) >= 11 is 0. The van der Waals surface area contributed by atoms with Crippen LogP contribution in [0.5, 0.6) is 23.0 Å². The van der Waals surface area contributed by atoms with E-state index >= 15 is 0 Å². The average Bonchev–Trinajstić information content (AvgIpc) is 3.11. The third kappa shape index (κ3) is 12.4. The summed E-state index contributed by atoms with van der Waals surface area (Å²) in [6.07, 6.45) is 0. The standard InChI is InChI=1S/C35H46O14/c36-35-29(27-1-3-30-32(26-27)47-23-19-43-15-11-39-6-5-37-9-13-41-17-21-45-30)25-28-2-4-31-34(33(28)49-35)48-24-20-44-16-12-40-8-7-38-10-14-42-18-22-46-31/h1-4,25-26H,5-24H2. The Morgan fingerprint density at radius 1 is 0.388 bits per heavy atom. The number of hydrogen-bond donors (Lipinski definition) is 0. The van der Waals surface area contributed by atoms with E-state index in [1.54, 1.807) is 30.3 Å². The number of ether oxygens (including phenoxy) is 12. The van der Waals surface area contributed by atoms with Crippen LogP contribution in [0.3, 0.4) is 0 Å². The molecule has 0 spiro atoms. The highest BCUT2D eigenvalue weighted by atomic mass is 16.6. The zero-order valence-corrected chi connectivity index (χ0v) is 27.8. The van der Waals surface area contributed by atoms with Crippen molar-refractivity contribution in [2.45, 2.75) is 0 Å². The van der Waals surface area contributed by atoms with Crippen LogP contribution in [0, 0.1) is 0 Å². The molecule has 0 aliphatic carbocycles. The summed E-state index contributed by atoms with van der Waals surface area (Å²) in [4.78, 5) is 13.5. The summed E-state index contributed by atoms with van der Waals surface area (Å²) in [5, 5.41) is 0.648. The van der Waals surface area contributed by atoms with E-state index in [1.165, 1.54) is 0 Å². The summed E-state index contributed by atoms with van der Waals surface area (Å²) in [6, 6.07) is 10.7. The molecule has 0 fully saturated rings. The van der Waals surface area contributed by atoms with E-state index in [1.807, 2.05) is 6.07 Å². The van der Waals surface area contributed by atoms with Gasteiger partial charge < -0.3 is 61.3 Å². The predicted octanol–water partition coefficient (Wildman–Crippen LogP) is 3.14. The lowest BCUT2D eigenvalue weighted by molar-refractivity contribution is -0.00841. The molecule has 0 amide bonds. The van der Waals surface area contributed by atoms with Gasteiger partial charge in [-0.25, -0.2) is 4.79 Å². The lowest BCUT2D eigenvalue weighted by Crippen LogP contribution is -2.16. The van der Waals surface area contributed by atoms with Crippen molar-refractivity contribution >= 4 is 11.0 Å². The van der Waals surface area contributed by atoms with E-state index in [9.17, 15) is 4.79 Å². The van der Waals surface area contributed by atoms with Crippen molar-refractivity contribution in [3.05, 3.63) is 46.8 Å². The molecule has 1 aromatic heterocycles. The normalized spacial score (nSPS) is 19.5. The maximum Gasteiger partial charge on any atom is 0.344 e. The van der Waals surface area contributed by atoms with Crippen molar-refractivity contribution in [3.8, 4) is 34.1 Å². The number of fused-ring (bicyclic) bond motifs is 4. The Bertz CT molecular complexity index is 1440. The first-order chi connectivity index (χ1) is 24.3. The molecule has 270 valence electrons. The minimum Gasteiger partial charge on any atom is -0.487 e. The predicted molar refractivity (Wildman–Crippen MR) is 176 cm³/mol. The van der Waals surface area contributed by atoms with Crippen molar-refractivity contribution in [3.63, 3.8) is 0 Å². The Hall–Kier alpha value is -3.47. The van der Waals surface area contributed by atoms with Gasteiger partial charge in [0.25, 0.3) is 0 Å². The molecular weight excluding hydrogens is 644 g/mol. The Balaban J connectivity index is 1.34. The van der Waals surface area contributed by atoms with E-state index < -0.39 is 5.63 Å². The lowest BCUT2D eigenvalue weighted by Gasteiger charge is -2.16. The summed E-state index contributed by atoms with van der Waals surface area (Å²) in [5.41, 5.74) is 0.646. The molecule has 0 N–H and O–H groups in total. The van der Waals surface area contributed by atoms with Gasteiger partial charge in [-0.15, -0.1) is 0 Å². The molecule has 2 aliphatic rings. The van der Waals surface area contributed by atoms with Gasteiger partial charge in [-0.05, 0) is 35.9 Å². The molecule has 14 nitrogen and oxygen atoms in total. The number of hydrogen-bond acceptors (Lipinski definition) is 14. The molecule has 2 aliphatic heterocycles. The largest absolute Gasteiger partial charge is 0.487 e. The van der Waals surface area contributed by atoms with Gasteiger partial charge in [0.1, 0.15) is 26.4 Å². The molecule has 0 saturated heterocycles. The maximum atomic E-state index is 13.5. The van der Waals surface area contributed by atoms with E-state index in [0.29, 0.717) is 152 Å². The molecule has 3 heterocycles. The monoisotopic (exact) mass is 690 g/mol. The summed E-state index contributed by atoms with van der Waals surface area (Å²) in [7, 11) is 0. The molecule has 0 atom stereocenters. The fourth-order valence-electron chi connectivity index (χ4n) is 4.86. The van der Waals surface area contributed by atoms with Crippen LogP contribution in [0.4, 0.5) is 0 Å². The van der Waals surface area contributed by atoms with Crippen molar-refractivity contribution in [2.75, 3.05) is 132 Å². The average molecular weight is 691 g/mol. The van der Waals surface area contributed by atoms with E-state index in [4.69, 9.17) is 61.3 Å². The van der Waals surface area contributed by atoms with Gasteiger partial charge in [0.05, 0.1) is 111 Å². The van der Waals surface area contributed by atoms with Crippen LogP contribution in [0.15, 0.2) is 45.6 Å².